The second-order valence-corrected chi connectivity index (χ2v) is 13.5. The fourth-order valence-corrected chi connectivity index (χ4v) is 6.43. The Morgan fingerprint density at radius 2 is 0.980 bits per heavy atom. The van der Waals surface area contributed by atoms with Crippen molar-refractivity contribution in [3.8, 4) is 0 Å². The standard InChI is InChI=1S/C43H60O7/c44-30-22-11-9-7-5-3-1-2-4-6-8-10-12-23-31-47-43-40(45)42(49-34-38-28-20-15-21-29-38)41(48-33-37-26-18-14-19-27-37)39(50-43)35-46-32-36-24-16-13-17-25-36/h13-21,24-30,39-43,45H,1-12,22-23,31-35H2/t39-,40+,41-,42-,43-/m1/s1. The molecule has 1 aliphatic heterocycles. The lowest BCUT2D eigenvalue weighted by Gasteiger charge is -2.44. The SMILES string of the molecule is O=CCCCCCCCCCCCCCCCO[C@@H]1O[C@H](COCc2ccccc2)[C@@H](OCc2ccccc2)[C@H](OCc2ccccc2)[C@@H]1O. The van der Waals surface area contributed by atoms with Crippen molar-refractivity contribution in [3.63, 3.8) is 0 Å². The van der Waals surface area contributed by atoms with E-state index in [0.717, 1.165) is 42.2 Å². The summed E-state index contributed by atoms with van der Waals surface area (Å²) in [7, 11) is 0. The molecule has 3 aromatic rings. The number of rotatable bonds is 27. The summed E-state index contributed by atoms with van der Waals surface area (Å²) in [4.78, 5) is 10.4. The molecule has 0 amide bonds. The first-order valence-electron chi connectivity index (χ1n) is 19.1. The topological polar surface area (TPSA) is 83.5 Å². The van der Waals surface area contributed by atoms with Gasteiger partial charge < -0.3 is 33.6 Å². The second-order valence-electron chi connectivity index (χ2n) is 13.5. The first-order valence-corrected chi connectivity index (χ1v) is 19.1. The van der Waals surface area contributed by atoms with Gasteiger partial charge in [0, 0.05) is 13.0 Å². The number of hydrogen-bond acceptors (Lipinski definition) is 7. The van der Waals surface area contributed by atoms with Gasteiger partial charge in [-0.25, -0.2) is 0 Å². The van der Waals surface area contributed by atoms with Gasteiger partial charge in [-0.05, 0) is 29.5 Å². The molecule has 1 aliphatic rings. The van der Waals surface area contributed by atoms with Crippen molar-refractivity contribution in [2.24, 2.45) is 0 Å². The van der Waals surface area contributed by atoms with E-state index >= 15 is 0 Å². The van der Waals surface area contributed by atoms with Gasteiger partial charge in [0.05, 0.1) is 26.4 Å². The van der Waals surface area contributed by atoms with Crippen molar-refractivity contribution in [3.05, 3.63) is 108 Å². The van der Waals surface area contributed by atoms with E-state index in [2.05, 4.69) is 0 Å². The molecule has 50 heavy (non-hydrogen) atoms. The molecule has 1 heterocycles. The summed E-state index contributed by atoms with van der Waals surface area (Å²) in [6.45, 7) is 1.91. The maximum atomic E-state index is 11.6. The van der Waals surface area contributed by atoms with E-state index in [1.165, 1.54) is 64.2 Å². The molecule has 0 spiro atoms. The fourth-order valence-electron chi connectivity index (χ4n) is 6.43. The van der Waals surface area contributed by atoms with Crippen LogP contribution in [-0.4, -0.2) is 55.3 Å². The third kappa shape index (κ3) is 15.5. The van der Waals surface area contributed by atoms with Crippen LogP contribution in [0.2, 0.25) is 0 Å². The molecule has 7 heteroatoms. The highest BCUT2D eigenvalue weighted by molar-refractivity contribution is 5.48. The van der Waals surface area contributed by atoms with Crippen LogP contribution < -0.4 is 0 Å². The summed E-state index contributed by atoms with van der Waals surface area (Å²) in [5.74, 6) is 0. The van der Waals surface area contributed by atoms with E-state index in [-0.39, 0.29) is 6.61 Å². The number of hydrogen-bond donors (Lipinski definition) is 1. The van der Waals surface area contributed by atoms with Gasteiger partial charge in [-0.3, -0.25) is 0 Å². The van der Waals surface area contributed by atoms with Crippen LogP contribution in [0.25, 0.3) is 0 Å². The smallest absolute Gasteiger partial charge is 0.186 e. The van der Waals surface area contributed by atoms with Gasteiger partial charge in [0.1, 0.15) is 30.7 Å². The predicted molar refractivity (Wildman–Crippen MR) is 197 cm³/mol. The zero-order valence-electron chi connectivity index (χ0n) is 30.0. The molecule has 1 N–H and O–H groups in total. The molecule has 7 nitrogen and oxygen atoms in total. The van der Waals surface area contributed by atoms with Gasteiger partial charge in [0.15, 0.2) is 6.29 Å². The molecule has 0 bridgehead atoms. The first kappa shape index (κ1) is 39.9. The normalized spacial score (nSPS) is 20.5. The Morgan fingerprint density at radius 3 is 1.48 bits per heavy atom. The Bertz CT molecular complexity index is 1240. The van der Waals surface area contributed by atoms with Gasteiger partial charge in [-0.1, -0.05) is 162 Å². The molecule has 0 radical (unpaired) electrons. The maximum absolute atomic E-state index is 11.6. The quantitative estimate of drug-likeness (QED) is 0.0632. The summed E-state index contributed by atoms with van der Waals surface area (Å²) in [5.41, 5.74) is 3.13. The molecule has 0 saturated carbocycles. The zero-order valence-corrected chi connectivity index (χ0v) is 30.0. The third-order valence-electron chi connectivity index (χ3n) is 9.33. The van der Waals surface area contributed by atoms with Crippen molar-refractivity contribution >= 4 is 6.29 Å². The minimum Gasteiger partial charge on any atom is -0.385 e. The average Bonchev–Trinajstić information content (AvgIpc) is 3.15. The zero-order chi connectivity index (χ0) is 34.9. The van der Waals surface area contributed by atoms with E-state index in [9.17, 15) is 9.90 Å². The summed E-state index contributed by atoms with van der Waals surface area (Å²) >= 11 is 0. The maximum Gasteiger partial charge on any atom is 0.186 e. The lowest BCUT2D eigenvalue weighted by molar-refractivity contribution is -0.319. The van der Waals surface area contributed by atoms with Crippen molar-refractivity contribution in [1.29, 1.82) is 0 Å². The van der Waals surface area contributed by atoms with Crippen LogP contribution in [0.1, 0.15) is 107 Å². The molecule has 274 valence electrons. The first-order chi connectivity index (χ1) is 24.7. The Kier molecular flexibility index (Phi) is 20.0. The fraction of sp³-hybridized carbons (Fsp3) is 0.558. The Labute approximate surface area is 300 Å². The van der Waals surface area contributed by atoms with E-state index in [1.54, 1.807) is 0 Å². The van der Waals surface area contributed by atoms with Crippen LogP contribution in [0, 0.1) is 0 Å². The molecule has 4 rings (SSSR count). The van der Waals surface area contributed by atoms with Crippen LogP contribution in [0.3, 0.4) is 0 Å². The van der Waals surface area contributed by atoms with E-state index in [1.807, 2.05) is 91.0 Å². The summed E-state index contributed by atoms with van der Waals surface area (Å²) in [6.07, 6.45) is 13.8. The molecule has 0 aliphatic carbocycles. The van der Waals surface area contributed by atoms with Gasteiger partial charge in [0.2, 0.25) is 0 Å². The number of carbonyl (C=O) groups is 1. The molecular weight excluding hydrogens is 628 g/mol. The van der Waals surface area contributed by atoms with E-state index < -0.39 is 30.7 Å². The number of aldehydes is 1. The largest absolute Gasteiger partial charge is 0.385 e. The number of ether oxygens (including phenoxy) is 5. The van der Waals surface area contributed by atoms with Crippen LogP contribution in [0.5, 0.6) is 0 Å². The highest BCUT2D eigenvalue weighted by Gasteiger charge is 2.47. The Balaban J connectivity index is 1.25. The van der Waals surface area contributed by atoms with E-state index in [0.29, 0.717) is 32.8 Å². The minimum absolute atomic E-state index is 0.271. The third-order valence-corrected chi connectivity index (χ3v) is 9.33. The van der Waals surface area contributed by atoms with Crippen molar-refractivity contribution < 1.29 is 33.6 Å². The number of benzene rings is 3. The number of aliphatic hydroxyl groups excluding tert-OH is 1. The molecule has 3 aromatic carbocycles. The highest BCUT2D eigenvalue weighted by atomic mass is 16.7. The second kappa shape index (κ2) is 25.1. The molecule has 1 saturated heterocycles. The lowest BCUT2D eigenvalue weighted by atomic mass is 9.98. The van der Waals surface area contributed by atoms with Gasteiger partial charge in [-0.2, -0.15) is 0 Å². The highest BCUT2D eigenvalue weighted by Crippen LogP contribution is 2.29. The molecule has 5 atom stereocenters. The lowest BCUT2D eigenvalue weighted by Crippen LogP contribution is -2.61. The monoisotopic (exact) mass is 688 g/mol. The van der Waals surface area contributed by atoms with Crippen molar-refractivity contribution in [1.82, 2.24) is 0 Å². The molecule has 0 unspecified atom stereocenters. The summed E-state index contributed by atoms with van der Waals surface area (Å²) < 4.78 is 31.7. The van der Waals surface area contributed by atoms with Crippen molar-refractivity contribution in [2.45, 2.75) is 140 Å². The van der Waals surface area contributed by atoms with Crippen LogP contribution >= 0.6 is 0 Å². The van der Waals surface area contributed by atoms with Crippen LogP contribution in [0.15, 0.2) is 91.0 Å². The van der Waals surface area contributed by atoms with Gasteiger partial charge >= 0.3 is 0 Å². The predicted octanol–water partition coefficient (Wildman–Crippen LogP) is 9.14. The Hall–Kier alpha value is -2.91. The molecule has 0 aromatic heterocycles. The summed E-state index contributed by atoms with van der Waals surface area (Å²) in [6, 6.07) is 30.1. The van der Waals surface area contributed by atoms with Crippen LogP contribution in [-0.2, 0) is 48.3 Å². The molecular formula is C43H60O7. The van der Waals surface area contributed by atoms with Crippen LogP contribution in [0.4, 0.5) is 0 Å². The number of aliphatic hydroxyl groups is 1. The average molecular weight is 689 g/mol. The Morgan fingerprint density at radius 1 is 0.540 bits per heavy atom. The van der Waals surface area contributed by atoms with Crippen molar-refractivity contribution in [2.75, 3.05) is 13.2 Å². The number of unbranched alkanes of at least 4 members (excludes halogenated alkanes) is 13. The molecule has 1 fully saturated rings. The van der Waals surface area contributed by atoms with Gasteiger partial charge in [-0.15, -0.1) is 0 Å². The number of carbonyl (C=O) groups excluding carboxylic acids is 1. The summed E-state index contributed by atoms with van der Waals surface area (Å²) in [5, 5.41) is 11.6. The minimum atomic E-state index is -1.03. The van der Waals surface area contributed by atoms with E-state index in [4.69, 9.17) is 23.7 Å². The van der Waals surface area contributed by atoms with Gasteiger partial charge in [0.25, 0.3) is 0 Å².